The van der Waals surface area contributed by atoms with E-state index in [1.54, 1.807) is 54.9 Å². The highest BCUT2D eigenvalue weighted by atomic mass is 32.2. The van der Waals surface area contributed by atoms with E-state index < -0.39 is 10.0 Å². The molecule has 4 aromatic rings. The fraction of sp³-hybridized carbons (Fsp3) is 0.0435. The molecule has 7 heteroatoms. The van der Waals surface area contributed by atoms with Crippen LogP contribution in [0.4, 0.5) is 0 Å². The molecule has 0 radical (unpaired) electrons. The number of nitrogens with zero attached hydrogens (tertiary/aromatic N) is 3. The monoisotopic (exact) mass is 415 g/mol. The van der Waals surface area contributed by atoms with Crippen molar-refractivity contribution in [2.24, 2.45) is 0 Å². The fourth-order valence-corrected chi connectivity index (χ4v) is 4.30. The Morgan fingerprint density at radius 1 is 1.03 bits per heavy atom. The Morgan fingerprint density at radius 2 is 1.87 bits per heavy atom. The van der Waals surface area contributed by atoms with Crippen LogP contribution < -0.4 is 0 Å². The van der Waals surface area contributed by atoms with Gasteiger partial charge in [0.2, 0.25) is 0 Å². The molecule has 0 fully saturated rings. The maximum absolute atomic E-state index is 13.2. The van der Waals surface area contributed by atoms with Crippen LogP contribution in [0.25, 0.3) is 23.1 Å². The van der Waals surface area contributed by atoms with E-state index in [4.69, 9.17) is 5.11 Å². The zero-order valence-electron chi connectivity index (χ0n) is 15.8. The van der Waals surface area contributed by atoms with E-state index in [9.17, 15) is 8.42 Å². The van der Waals surface area contributed by atoms with Gasteiger partial charge < -0.3 is 5.11 Å². The topological polar surface area (TPSA) is 85.1 Å². The van der Waals surface area contributed by atoms with Crippen molar-refractivity contribution in [2.45, 2.75) is 4.90 Å². The van der Waals surface area contributed by atoms with E-state index >= 15 is 0 Å². The Bertz CT molecular complexity index is 1380. The molecule has 0 spiro atoms. The van der Waals surface area contributed by atoms with E-state index in [2.05, 4.69) is 21.9 Å². The van der Waals surface area contributed by atoms with E-state index in [1.807, 2.05) is 18.2 Å². The second kappa shape index (κ2) is 8.33. The van der Waals surface area contributed by atoms with Crippen molar-refractivity contribution < 1.29 is 13.5 Å². The van der Waals surface area contributed by atoms with Gasteiger partial charge in [-0.1, -0.05) is 42.2 Å². The van der Waals surface area contributed by atoms with Gasteiger partial charge in [-0.25, -0.2) is 0 Å². The highest BCUT2D eigenvalue weighted by molar-refractivity contribution is 7.90. The molecule has 0 aliphatic rings. The molecule has 2 aromatic carbocycles. The first-order valence-electron chi connectivity index (χ1n) is 9.11. The van der Waals surface area contributed by atoms with Crippen LogP contribution in [0.15, 0.2) is 78.0 Å². The maximum atomic E-state index is 13.2. The Hall–Kier alpha value is -3.73. The average molecular weight is 415 g/mol. The van der Waals surface area contributed by atoms with E-state index in [1.165, 1.54) is 12.1 Å². The number of pyridine rings is 1. The van der Waals surface area contributed by atoms with Crippen LogP contribution in [0, 0.1) is 11.8 Å². The van der Waals surface area contributed by atoms with Crippen LogP contribution >= 0.6 is 0 Å². The molecular formula is C23H17N3O3S. The van der Waals surface area contributed by atoms with Gasteiger partial charge in [-0.3, -0.25) is 4.98 Å². The predicted molar refractivity (Wildman–Crippen MR) is 116 cm³/mol. The van der Waals surface area contributed by atoms with Gasteiger partial charge in [0.05, 0.1) is 16.1 Å². The number of hydrogen-bond donors (Lipinski definition) is 1. The SMILES string of the molecule is O=S(=O)(c1ccccc1)n1nc(/C=C/c2cccnc2)c2cc(C#CCO)ccc21. The van der Waals surface area contributed by atoms with Crippen LogP contribution in [-0.4, -0.2) is 34.3 Å². The van der Waals surface area contributed by atoms with Crippen molar-refractivity contribution in [2.75, 3.05) is 6.61 Å². The molecule has 30 heavy (non-hydrogen) atoms. The number of aliphatic hydroxyl groups excluding tert-OH is 1. The molecule has 0 atom stereocenters. The summed E-state index contributed by atoms with van der Waals surface area (Å²) in [5, 5.41) is 14.0. The molecule has 0 bridgehead atoms. The van der Waals surface area contributed by atoms with Crippen molar-refractivity contribution in [3.63, 3.8) is 0 Å². The number of rotatable bonds is 4. The molecular weight excluding hydrogens is 398 g/mol. The van der Waals surface area contributed by atoms with Gasteiger partial charge in [-0.15, -0.1) is 0 Å². The Labute approximate surface area is 174 Å². The minimum absolute atomic E-state index is 0.154. The lowest BCUT2D eigenvalue weighted by Gasteiger charge is -2.05. The van der Waals surface area contributed by atoms with Crippen LogP contribution in [0.3, 0.4) is 0 Å². The molecule has 148 valence electrons. The zero-order valence-corrected chi connectivity index (χ0v) is 16.6. The van der Waals surface area contributed by atoms with Crippen molar-refractivity contribution in [1.82, 2.24) is 14.2 Å². The highest BCUT2D eigenvalue weighted by Gasteiger charge is 2.22. The normalized spacial score (nSPS) is 11.5. The van der Waals surface area contributed by atoms with Gasteiger partial charge >= 0.3 is 0 Å². The van der Waals surface area contributed by atoms with E-state index in [0.717, 1.165) is 9.65 Å². The summed E-state index contributed by atoms with van der Waals surface area (Å²) in [5.41, 5.74) is 2.45. The third-order valence-electron chi connectivity index (χ3n) is 4.38. The summed E-state index contributed by atoms with van der Waals surface area (Å²) in [4.78, 5) is 4.23. The van der Waals surface area contributed by atoms with Crippen molar-refractivity contribution >= 4 is 33.1 Å². The summed E-state index contributed by atoms with van der Waals surface area (Å²) in [7, 11) is -3.87. The van der Waals surface area contributed by atoms with E-state index in [-0.39, 0.29) is 11.5 Å². The number of fused-ring (bicyclic) bond motifs is 1. The van der Waals surface area contributed by atoms with Gasteiger partial charge in [-0.2, -0.15) is 17.6 Å². The molecule has 2 heterocycles. The lowest BCUT2D eigenvalue weighted by atomic mass is 10.1. The summed E-state index contributed by atoms with van der Waals surface area (Å²) >= 11 is 0. The summed E-state index contributed by atoms with van der Waals surface area (Å²) in [6.45, 7) is -0.256. The number of aromatic nitrogens is 3. The highest BCUT2D eigenvalue weighted by Crippen LogP contribution is 2.26. The first-order valence-corrected chi connectivity index (χ1v) is 10.5. The standard InChI is InChI=1S/C23H17N3O3S/c27-15-5-7-18-11-13-23-21(16-18)22(12-10-19-6-4-14-24-17-19)25-26(23)30(28,29)20-8-2-1-3-9-20/h1-4,6,8-14,16-17,27H,15H2/b12-10+. The fourth-order valence-electron chi connectivity index (χ4n) is 2.98. The van der Waals surface area contributed by atoms with Gasteiger partial charge in [0.15, 0.2) is 0 Å². The summed E-state index contributed by atoms with van der Waals surface area (Å²) in [5.74, 6) is 5.45. The molecule has 1 N–H and O–H groups in total. The average Bonchev–Trinajstić information content (AvgIpc) is 3.16. The largest absolute Gasteiger partial charge is 0.384 e. The Balaban J connectivity index is 1.90. The third-order valence-corrected chi connectivity index (χ3v) is 5.98. The number of benzene rings is 2. The predicted octanol–water partition coefficient (Wildman–Crippen LogP) is 3.18. The Kier molecular flexibility index (Phi) is 5.44. The smallest absolute Gasteiger partial charge is 0.283 e. The first-order chi connectivity index (χ1) is 14.6. The zero-order chi connectivity index (χ0) is 21.0. The molecule has 0 saturated heterocycles. The molecule has 0 aliphatic heterocycles. The van der Waals surface area contributed by atoms with E-state index in [0.29, 0.717) is 22.2 Å². The Morgan fingerprint density at radius 3 is 2.60 bits per heavy atom. The van der Waals surface area contributed by atoms with Crippen LogP contribution in [0.1, 0.15) is 16.8 Å². The van der Waals surface area contributed by atoms with Crippen molar-refractivity contribution in [1.29, 1.82) is 0 Å². The second-order valence-electron chi connectivity index (χ2n) is 6.36. The first kappa shape index (κ1) is 19.6. The third kappa shape index (κ3) is 3.87. The quantitative estimate of drug-likeness (QED) is 0.518. The molecule has 2 aromatic heterocycles. The second-order valence-corrected chi connectivity index (χ2v) is 8.13. The van der Waals surface area contributed by atoms with Gasteiger partial charge in [-0.05, 0) is 48.0 Å². The molecule has 0 unspecified atom stereocenters. The van der Waals surface area contributed by atoms with Crippen LogP contribution in [0.5, 0.6) is 0 Å². The van der Waals surface area contributed by atoms with Crippen molar-refractivity contribution in [3.05, 3.63) is 89.9 Å². The lowest BCUT2D eigenvalue weighted by molar-refractivity contribution is 0.350. The minimum Gasteiger partial charge on any atom is -0.384 e. The number of aliphatic hydroxyl groups is 1. The van der Waals surface area contributed by atoms with Gasteiger partial charge in [0.1, 0.15) is 6.61 Å². The summed E-state index contributed by atoms with van der Waals surface area (Å²) in [6, 6.07) is 17.0. The summed E-state index contributed by atoms with van der Waals surface area (Å²) in [6.07, 6.45) is 6.95. The van der Waals surface area contributed by atoms with Gasteiger partial charge in [0, 0.05) is 23.3 Å². The molecule has 6 nitrogen and oxygen atoms in total. The number of hydrogen-bond acceptors (Lipinski definition) is 5. The van der Waals surface area contributed by atoms with Crippen LogP contribution in [-0.2, 0) is 10.0 Å². The molecule has 0 amide bonds. The van der Waals surface area contributed by atoms with Gasteiger partial charge in [0.25, 0.3) is 10.0 Å². The minimum atomic E-state index is -3.87. The summed E-state index contributed by atoms with van der Waals surface area (Å²) < 4.78 is 27.4. The lowest BCUT2D eigenvalue weighted by Crippen LogP contribution is -2.14. The molecule has 0 saturated carbocycles. The molecule has 4 rings (SSSR count). The van der Waals surface area contributed by atoms with Crippen molar-refractivity contribution in [3.8, 4) is 11.8 Å². The molecule has 0 aliphatic carbocycles. The maximum Gasteiger partial charge on any atom is 0.283 e. The van der Waals surface area contributed by atoms with Crippen LogP contribution in [0.2, 0.25) is 0 Å².